The standard InChI is InChI=1S/C29H33FN4O6S/c1-19-16-34(20(2)18-35)28(36)25-15-23(32-41(38,39)24-12-9-21(30)10-13-24)11-14-26(25)40-27(19)17-33(3)29(37)31-22-7-5-4-6-8-22/h4-15,19-20,27,32,35H,16-18H2,1-3H3,(H,31,37)/t19-,20-,27+/m1/s1. The predicted octanol–water partition coefficient (Wildman–Crippen LogP) is 4.01. The van der Waals surface area contributed by atoms with Crippen molar-refractivity contribution in [2.24, 2.45) is 5.92 Å². The van der Waals surface area contributed by atoms with Crippen LogP contribution in [0.15, 0.2) is 77.7 Å². The largest absolute Gasteiger partial charge is 0.487 e. The van der Waals surface area contributed by atoms with Crippen LogP contribution in [0.25, 0.3) is 0 Å². The van der Waals surface area contributed by atoms with Gasteiger partial charge in [0, 0.05) is 30.9 Å². The topological polar surface area (TPSA) is 128 Å². The fourth-order valence-corrected chi connectivity index (χ4v) is 5.47. The van der Waals surface area contributed by atoms with E-state index in [4.69, 9.17) is 4.74 Å². The minimum atomic E-state index is -4.07. The number of urea groups is 1. The van der Waals surface area contributed by atoms with Crippen molar-refractivity contribution in [3.05, 3.63) is 84.2 Å². The maximum atomic E-state index is 13.6. The van der Waals surface area contributed by atoms with Crippen LogP contribution in [0, 0.1) is 11.7 Å². The summed E-state index contributed by atoms with van der Waals surface area (Å²) in [5.74, 6) is -1.03. The number of rotatable bonds is 8. The number of hydrogen-bond donors (Lipinski definition) is 3. The monoisotopic (exact) mass is 584 g/mol. The van der Waals surface area contributed by atoms with E-state index in [-0.39, 0.29) is 53.5 Å². The molecule has 0 bridgehead atoms. The number of aliphatic hydroxyl groups excluding tert-OH is 1. The van der Waals surface area contributed by atoms with Crippen LogP contribution >= 0.6 is 0 Å². The molecule has 10 nitrogen and oxygen atoms in total. The van der Waals surface area contributed by atoms with E-state index in [0.29, 0.717) is 5.69 Å². The molecule has 4 rings (SSSR count). The maximum absolute atomic E-state index is 13.6. The summed E-state index contributed by atoms with van der Waals surface area (Å²) in [6.07, 6.45) is -0.538. The minimum Gasteiger partial charge on any atom is -0.487 e. The molecule has 218 valence electrons. The van der Waals surface area contributed by atoms with Gasteiger partial charge in [-0.3, -0.25) is 9.52 Å². The van der Waals surface area contributed by atoms with E-state index in [0.717, 1.165) is 24.3 Å². The summed E-state index contributed by atoms with van der Waals surface area (Å²) in [7, 11) is -2.43. The first kappa shape index (κ1) is 29.8. The van der Waals surface area contributed by atoms with Gasteiger partial charge < -0.3 is 25.0 Å². The molecule has 41 heavy (non-hydrogen) atoms. The highest BCUT2D eigenvalue weighted by Crippen LogP contribution is 2.31. The van der Waals surface area contributed by atoms with Crippen molar-refractivity contribution in [3.8, 4) is 5.75 Å². The summed E-state index contributed by atoms with van der Waals surface area (Å²) in [5, 5.41) is 12.7. The van der Waals surface area contributed by atoms with E-state index < -0.39 is 33.9 Å². The first-order valence-corrected chi connectivity index (χ1v) is 14.5. The van der Waals surface area contributed by atoms with Crippen molar-refractivity contribution in [2.45, 2.75) is 30.9 Å². The average Bonchev–Trinajstić information content (AvgIpc) is 2.95. The normalized spacial score (nSPS) is 17.9. The van der Waals surface area contributed by atoms with Crippen LogP contribution in [0.4, 0.5) is 20.6 Å². The molecule has 3 atom stereocenters. The highest BCUT2D eigenvalue weighted by molar-refractivity contribution is 7.92. The third kappa shape index (κ3) is 7.14. The molecular weight excluding hydrogens is 551 g/mol. The Bertz CT molecular complexity index is 1490. The van der Waals surface area contributed by atoms with Gasteiger partial charge in [-0.2, -0.15) is 0 Å². The van der Waals surface area contributed by atoms with Crippen molar-refractivity contribution < 1.29 is 32.2 Å². The first-order chi connectivity index (χ1) is 19.5. The number of sulfonamides is 1. The van der Waals surface area contributed by atoms with Gasteiger partial charge in [-0.05, 0) is 61.5 Å². The maximum Gasteiger partial charge on any atom is 0.321 e. The van der Waals surface area contributed by atoms with E-state index in [1.54, 1.807) is 26.1 Å². The van der Waals surface area contributed by atoms with E-state index >= 15 is 0 Å². The summed E-state index contributed by atoms with van der Waals surface area (Å²) < 4.78 is 47.8. The fraction of sp³-hybridized carbons (Fsp3) is 0.310. The first-order valence-electron chi connectivity index (χ1n) is 13.1. The molecule has 0 aliphatic carbocycles. The quantitative estimate of drug-likeness (QED) is 0.367. The number of para-hydroxylation sites is 1. The Hall–Kier alpha value is -4.16. The smallest absolute Gasteiger partial charge is 0.321 e. The lowest BCUT2D eigenvalue weighted by atomic mass is 9.99. The summed E-state index contributed by atoms with van der Waals surface area (Å²) in [4.78, 5) is 29.4. The molecule has 12 heteroatoms. The van der Waals surface area contributed by atoms with Crippen LogP contribution in [0.3, 0.4) is 0 Å². The molecule has 0 radical (unpaired) electrons. The summed E-state index contributed by atoms with van der Waals surface area (Å²) in [6.45, 7) is 3.74. The lowest BCUT2D eigenvalue weighted by Crippen LogP contribution is -2.50. The number of nitrogens with one attached hydrogen (secondary N) is 2. The molecule has 3 N–H and O–H groups in total. The number of carbonyl (C=O) groups excluding carboxylic acids is 2. The molecule has 1 aliphatic rings. The van der Waals surface area contributed by atoms with Crippen LogP contribution in [-0.4, -0.2) is 74.2 Å². The number of aliphatic hydroxyl groups is 1. The van der Waals surface area contributed by atoms with Gasteiger partial charge in [0.15, 0.2) is 0 Å². The minimum absolute atomic E-state index is 0.0953. The molecule has 0 saturated carbocycles. The van der Waals surface area contributed by atoms with E-state index in [1.165, 1.54) is 28.0 Å². The van der Waals surface area contributed by atoms with Gasteiger partial charge in [0.1, 0.15) is 17.7 Å². The van der Waals surface area contributed by atoms with Gasteiger partial charge >= 0.3 is 6.03 Å². The second-order valence-electron chi connectivity index (χ2n) is 10.1. The number of carbonyl (C=O) groups is 2. The summed E-state index contributed by atoms with van der Waals surface area (Å²) in [5.41, 5.74) is 0.842. The zero-order valence-electron chi connectivity index (χ0n) is 23.0. The number of anilines is 2. The fourth-order valence-electron chi connectivity index (χ4n) is 4.42. The second kappa shape index (κ2) is 12.6. The second-order valence-corrected chi connectivity index (χ2v) is 11.8. The molecule has 3 amide bonds. The Kier molecular flexibility index (Phi) is 9.14. The van der Waals surface area contributed by atoms with Crippen molar-refractivity contribution in [2.75, 3.05) is 36.8 Å². The lowest BCUT2D eigenvalue weighted by Gasteiger charge is -2.38. The molecule has 0 fully saturated rings. The van der Waals surface area contributed by atoms with Crippen molar-refractivity contribution in [3.63, 3.8) is 0 Å². The highest BCUT2D eigenvalue weighted by Gasteiger charge is 2.34. The van der Waals surface area contributed by atoms with E-state index in [1.807, 2.05) is 25.1 Å². The lowest BCUT2D eigenvalue weighted by molar-refractivity contribution is 0.0371. The molecule has 3 aromatic carbocycles. The number of fused-ring (bicyclic) bond motifs is 1. The third-order valence-electron chi connectivity index (χ3n) is 6.87. The van der Waals surface area contributed by atoms with Crippen LogP contribution in [-0.2, 0) is 10.0 Å². The predicted molar refractivity (Wildman–Crippen MR) is 153 cm³/mol. The van der Waals surface area contributed by atoms with Crippen LogP contribution in [0.1, 0.15) is 24.2 Å². The van der Waals surface area contributed by atoms with Gasteiger partial charge in [0.2, 0.25) is 0 Å². The molecule has 0 saturated heterocycles. The number of amides is 3. The van der Waals surface area contributed by atoms with Crippen LogP contribution < -0.4 is 14.8 Å². The van der Waals surface area contributed by atoms with Gasteiger partial charge in [-0.15, -0.1) is 0 Å². The summed E-state index contributed by atoms with van der Waals surface area (Å²) in [6, 6.07) is 16.8. The Labute approximate surface area is 238 Å². The number of ether oxygens (including phenoxy) is 1. The number of benzene rings is 3. The zero-order valence-corrected chi connectivity index (χ0v) is 23.8. The SMILES string of the molecule is C[C@@H]1CN([C@H](C)CO)C(=O)c2cc(NS(=O)(=O)c3ccc(F)cc3)ccc2O[C@H]1CN(C)C(=O)Nc1ccccc1. The highest BCUT2D eigenvalue weighted by atomic mass is 32.2. The number of halogens is 1. The van der Waals surface area contributed by atoms with Crippen molar-refractivity contribution in [1.29, 1.82) is 0 Å². The third-order valence-corrected chi connectivity index (χ3v) is 8.26. The van der Waals surface area contributed by atoms with E-state index in [9.17, 15) is 27.5 Å². The van der Waals surface area contributed by atoms with Crippen LogP contribution in [0.5, 0.6) is 5.75 Å². The number of hydrogen-bond acceptors (Lipinski definition) is 6. The molecule has 0 aromatic heterocycles. The molecule has 0 unspecified atom stereocenters. The van der Waals surface area contributed by atoms with Crippen molar-refractivity contribution in [1.82, 2.24) is 9.80 Å². The Morgan fingerprint density at radius 1 is 1.12 bits per heavy atom. The van der Waals surface area contributed by atoms with E-state index in [2.05, 4.69) is 10.0 Å². The summed E-state index contributed by atoms with van der Waals surface area (Å²) >= 11 is 0. The Morgan fingerprint density at radius 2 is 1.80 bits per heavy atom. The average molecular weight is 585 g/mol. The van der Waals surface area contributed by atoms with Gasteiger partial charge in [0.05, 0.1) is 29.7 Å². The van der Waals surface area contributed by atoms with Crippen LogP contribution in [0.2, 0.25) is 0 Å². The molecule has 1 aliphatic heterocycles. The van der Waals surface area contributed by atoms with Gasteiger partial charge in [-0.25, -0.2) is 17.6 Å². The van der Waals surface area contributed by atoms with Gasteiger partial charge in [0.25, 0.3) is 15.9 Å². The molecule has 1 heterocycles. The zero-order chi connectivity index (χ0) is 29.7. The van der Waals surface area contributed by atoms with Crippen molar-refractivity contribution >= 4 is 33.3 Å². The molecule has 3 aromatic rings. The Morgan fingerprint density at radius 3 is 2.46 bits per heavy atom. The molecule has 0 spiro atoms. The van der Waals surface area contributed by atoms with Gasteiger partial charge in [-0.1, -0.05) is 25.1 Å². The number of nitrogens with zero attached hydrogens (tertiary/aromatic N) is 2. The molecular formula is C29H33FN4O6S. The number of likely N-dealkylation sites (N-methyl/N-ethyl adjacent to an activating group) is 1. The Balaban J connectivity index is 1.62.